The minimum atomic E-state index is 0. The van der Waals surface area contributed by atoms with Gasteiger partial charge in [0.15, 0.2) is 0 Å². The van der Waals surface area contributed by atoms with E-state index in [1.54, 1.807) is 6.08 Å². The van der Waals surface area contributed by atoms with Crippen molar-refractivity contribution in [2.45, 2.75) is 38.6 Å². The van der Waals surface area contributed by atoms with Crippen LogP contribution in [0.1, 0.15) is 38.2 Å². The third kappa shape index (κ3) is 4.04. The second-order valence-electron chi connectivity index (χ2n) is 7.08. The van der Waals surface area contributed by atoms with Gasteiger partial charge in [-0.25, -0.2) is 4.52 Å². The van der Waals surface area contributed by atoms with Gasteiger partial charge in [-0.1, -0.05) is 43.3 Å². The molecule has 3 heterocycles. The number of benzene rings is 1. The van der Waals surface area contributed by atoms with E-state index in [1.165, 1.54) is 6.42 Å². The number of piperidine rings is 1. The van der Waals surface area contributed by atoms with Gasteiger partial charge in [0.1, 0.15) is 5.69 Å². The fourth-order valence-electron chi connectivity index (χ4n) is 3.96. The Bertz CT molecular complexity index is 964. The van der Waals surface area contributed by atoms with Crippen LogP contribution in [0.5, 0.6) is 0 Å². The zero-order chi connectivity index (χ0) is 18.6. The molecule has 0 radical (unpaired) electrons. The van der Waals surface area contributed by atoms with Crippen LogP contribution in [0.4, 0.5) is 0 Å². The Kier molecular flexibility index (Phi) is 6.68. The van der Waals surface area contributed by atoms with E-state index in [0.717, 1.165) is 48.1 Å². The lowest BCUT2D eigenvalue weighted by Crippen LogP contribution is -2.42. The highest BCUT2D eigenvalue weighted by Gasteiger charge is 2.23. The molecule has 1 amide bonds. The maximum absolute atomic E-state index is 12.9. The number of hydrogen-bond donors (Lipinski definition) is 0. The van der Waals surface area contributed by atoms with Crippen LogP contribution in [0.15, 0.2) is 60.8 Å². The van der Waals surface area contributed by atoms with Crippen LogP contribution in [0, 0.1) is 0 Å². The summed E-state index contributed by atoms with van der Waals surface area (Å²) in [7, 11) is 0. The summed E-state index contributed by atoms with van der Waals surface area (Å²) in [5, 5.41) is 4.75. The molecule has 146 valence electrons. The second kappa shape index (κ2) is 9.20. The molecule has 1 atom stereocenters. The molecule has 0 spiro atoms. The van der Waals surface area contributed by atoms with E-state index < -0.39 is 0 Å². The first-order chi connectivity index (χ1) is 13.3. The SMILES string of the molecule is Br.CC[C@H]1CCCCN1C(=O)/C=C/c1c(-c2ccccc2)nn2ccccc12. The van der Waals surface area contributed by atoms with Gasteiger partial charge in [-0.2, -0.15) is 5.10 Å². The zero-order valence-corrected chi connectivity index (χ0v) is 17.8. The third-order valence-corrected chi connectivity index (χ3v) is 5.40. The van der Waals surface area contributed by atoms with Crippen LogP contribution in [-0.4, -0.2) is 33.0 Å². The number of nitrogens with zero attached hydrogens (tertiary/aromatic N) is 3. The number of carbonyl (C=O) groups is 1. The molecule has 3 aromatic rings. The number of hydrogen-bond acceptors (Lipinski definition) is 2. The molecule has 1 fully saturated rings. The lowest BCUT2D eigenvalue weighted by atomic mass is 10.00. The summed E-state index contributed by atoms with van der Waals surface area (Å²) in [4.78, 5) is 14.9. The molecule has 4 rings (SSSR count). The highest BCUT2D eigenvalue weighted by Crippen LogP contribution is 2.27. The van der Waals surface area contributed by atoms with E-state index in [1.807, 2.05) is 58.1 Å². The van der Waals surface area contributed by atoms with Crippen molar-refractivity contribution < 1.29 is 4.79 Å². The molecule has 0 aliphatic carbocycles. The average Bonchev–Trinajstić information content (AvgIpc) is 3.11. The number of fused-ring (bicyclic) bond motifs is 1. The number of aromatic nitrogens is 2. The number of halogens is 1. The summed E-state index contributed by atoms with van der Waals surface area (Å²) in [5.41, 5.74) is 3.94. The van der Waals surface area contributed by atoms with Crippen LogP contribution in [-0.2, 0) is 4.79 Å². The van der Waals surface area contributed by atoms with E-state index in [2.05, 4.69) is 19.1 Å². The standard InChI is InChI=1S/C23H25N3O.BrH/c1-2-19-12-6-8-16-25(19)22(27)15-14-20-21-13-7-9-17-26(21)24-23(20)18-10-4-3-5-11-18;/h3-5,7,9-11,13-15,17,19H,2,6,8,12,16H2,1H3;1H/b15-14+;/t19-;/m0./s1. The highest BCUT2D eigenvalue weighted by atomic mass is 79.9. The zero-order valence-electron chi connectivity index (χ0n) is 16.1. The largest absolute Gasteiger partial charge is 0.336 e. The molecule has 28 heavy (non-hydrogen) atoms. The molecular weight excluding hydrogens is 414 g/mol. The first-order valence-corrected chi connectivity index (χ1v) is 9.79. The van der Waals surface area contributed by atoms with Gasteiger partial charge in [-0.15, -0.1) is 17.0 Å². The first kappa shape index (κ1) is 20.3. The summed E-state index contributed by atoms with van der Waals surface area (Å²) in [6.45, 7) is 3.03. The molecule has 2 aromatic heterocycles. The van der Waals surface area contributed by atoms with Crippen LogP contribution in [0.2, 0.25) is 0 Å². The van der Waals surface area contributed by atoms with Gasteiger partial charge in [0.2, 0.25) is 5.91 Å². The van der Waals surface area contributed by atoms with E-state index in [-0.39, 0.29) is 22.9 Å². The normalized spacial score (nSPS) is 17.0. The summed E-state index contributed by atoms with van der Waals surface area (Å²) >= 11 is 0. The van der Waals surface area contributed by atoms with Crippen molar-refractivity contribution in [3.05, 3.63) is 66.4 Å². The van der Waals surface area contributed by atoms with Crippen molar-refractivity contribution in [2.75, 3.05) is 6.54 Å². The molecule has 1 aliphatic heterocycles. The van der Waals surface area contributed by atoms with Crippen LogP contribution < -0.4 is 0 Å². The quantitative estimate of drug-likeness (QED) is 0.511. The minimum absolute atomic E-state index is 0. The van der Waals surface area contributed by atoms with Gasteiger partial charge in [0.05, 0.1) is 5.52 Å². The lowest BCUT2D eigenvalue weighted by molar-refractivity contribution is -0.129. The summed E-state index contributed by atoms with van der Waals surface area (Å²) < 4.78 is 1.88. The molecule has 1 saturated heterocycles. The van der Waals surface area contributed by atoms with Gasteiger partial charge in [0, 0.05) is 36.0 Å². The van der Waals surface area contributed by atoms with E-state index in [0.29, 0.717) is 6.04 Å². The van der Waals surface area contributed by atoms with Gasteiger partial charge in [0.25, 0.3) is 0 Å². The lowest BCUT2D eigenvalue weighted by Gasteiger charge is -2.34. The average molecular weight is 440 g/mol. The second-order valence-corrected chi connectivity index (χ2v) is 7.08. The molecule has 5 heteroatoms. The number of amides is 1. The molecule has 1 aliphatic rings. The Morgan fingerprint density at radius 2 is 1.93 bits per heavy atom. The van der Waals surface area contributed by atoms with E-state index >= 15 is 0 Å². The van der Waals surface area contributed by atoms with Gasteiger partial charge >= 0.3 is 0 Å². The van der Waals surface area contributed by atoms with Crippen LogP contribution in [0.25, 0.3) is 22.9 Å². The Balaban J connectivity index is 0.00000225. The Labute approximate surface area is 176 Å². The fraction of sp³-hybridized carbons (Fsp3) is 0.304. The summed E-state index contributed by atoms with van der Waals surface area (Å²) in [6, 6.07) is 16.5. The molecule has 0 unspecified atom stereocenters. The van der Waals surface area contributed by atoms with E-state index in [4.69, 9.17) is 5.10 Å². The van der Waals surface area contributed by atoms with Crippen LogP contribution >= 0.6 is 17.0 Å². The maximum atomic E-state index is 12.9. The van der Waals surface area contributed by atoms with Gasteiger partial charge in [-0.3, -0.25) is 4.79 Å². The number of pyridine rings is 1. The van der Waals surface area contributed by atoms with Crippen LogP contribution in [0.3, 0.4) is 0 Å². The van der Waals surface area contributed by atoms with Crippen molar-refractivity contribution in [1.82, 2.24) is 14.5 Å². The predicted molar refractivity (Wildman–Crippen MR) is 120 cm³/mol. The molecule has 0 N–H and O–H groups in total. The number of rotatable bonds is 4. The Morgan fingerprint density at radius 3 is 2.71 bits per heavy atom. The molecule has 0 saturated carbocycles. The fourth-order valence-corrected chi connectivity index (χ4v) is 3.96. The van der Waals surface area contributed by atoms with Crippen molar-refractivity contribution in [1.29, 1.82) is 0 Å². The maximum Gasteiger partial charge on any atom is 0.246 e. The Hall–Kier alpha value is -2.40. The molecular formula is C23H26BrN3O. The monoisotopic (exact) mass is 439 g/mol. The summed E-state index contributed by atoms with van der Waals surface area (Å²) in [6.07, 6.45) is 10.1. The smallest absolute Gasteiger partial charge is 0.246 e. The van der Waals surface area contributed by atoms with E-state index in [9.17, 15) is 4.79 Å². The molecule has 0 bridgehead atoms. The van der Waals surface area contributed by atoms with Crippen molar-refractivity contribution in [3.8, 4) is 11.3 Å². The number of likely N-dealkylation sites (tertiary alicyclic amines) is 1. The first-order valence-electron chi connectivity index (χ1n) is 9.79. The summed E-state index contributed by atoms with van der Waals surface area (Å²) in [5.74, 6) is 0.107. The van der Waals surface area contributed by atoms with Crippen molar-refractivity contribution >= 4 is 34.5 Å². The third-order valence-electron chi connectivity index (χ3n) is 5.40. The van der Waals surface area contributed by atoms with Gasteiger partial charge < -0.3 is 4.90 Å². The van der Waals surface area contributed by atoms with Gasteiger partial charge in [-0.05, 0) is 43.9 Å². The van der Waals surface area contributed by atoms with Crippen molar-refractivity contribution in [3.63, 3.8) is 0 Å². The highest BCUT2D eigenvalue weighted by molar-refractivity contribution is 8.93. The topological polar surface area (TPSA) is 37.6 Å². The van der Waals surface area contributed by atoms with Crippen molar-refractivity contribution in [2.24, 2.45) is 0 Å². The Morgan fingerprint density at radius 1 is 1.14 bits per heavy atom. The molecule has 4 nitrogen and oxygen atoms in total. The number of carbonyl (C=O) groups excluding carboxylic acids is 1. The molecule has 1 aromatic carbocycles. The predicted octanol–water partition coefficient (Wildman–Crippen LogP) is 5.38. The minimum Gasteiger partial charge on any atom is -0.336 e.